The Balaban J connectivity index is 1.35. The summed E-state index contributed by atoms with van der Waals surface area (Å²) in [4.78, 5) is 0. The van der Waals surface area contributed by atoms with E-state index in [0.29, 0.717) is 48.3 Å². The molecule has 4 rings (SSSR count). The lowest BCUT2D eigenvalue weighted by Gasteiger charge is -2.45. The minimum atomic E-state index is -4.21. The zero-order chi connectivity index (χ0) is 36.1. The van der Waals surface area contributed by atoms with Gasteiger partial charge in [0.15, 0.2) is 0 Å². The SMILES string of the molecule is CCCC1CC(C2CC(C(O)NC3CCC(CCC4CCCC(C)C(O)C(C)(C)CC4)C(C(F)(F)F)C3)CCC2C)C(C)C(C)CC1CC. The van der Waals surface area contributed by atoms with Crippen LogP contribution in [-0.2, 0) is 0 Å². The largest absolute Gasteiger partial charge is 0.392 e. The topological polar surface area (TPSA) is 52.5 Å². The fraction of sp³-hybridized carbons (Fsp3) is 1.00. The van der Waals surface area contributed by atoms with Gasteiger partial charge in [0, 0.05) is 6.04 Å². The van der Waals surface area contributed by atoms with Crippen molar-refractivity contribution in [3.63, 3.8) is 0 Å². The summed E-state index contributed by atoms with van der Waals surface area (Å²) in [6.45, 7) is 18.5. The molecule has 0 radical (unpaired) electrons. The summed E-state index contributed by atoms with van der Waals surface area (Å²) in [6.07, 6.45) is 12.2. The van der Waals surface area contributed by atoms with Crippen LogP contribution in [-0.4, -0.2) is 34.8 Å². The summed E-state index contributed by atoms with van der Waals surface area (Å²) in [7, 11) is 0. The van der Waals surface area contributed by atoms with Crippen molar-refractivity contribution in [3.05, 3.63) is 0 Å². The zero-order valence-electron chi connectivity index (χ0n) is 32.9. The predicted molar refractivity (Wildman–Crippen MR) is 198 cm³/mol. The van der Waals surface area contributed by atoms with Gasteiger partial charge in [-0.1, -0.05) is 100 Å². The first-order valence-electron chi connectivity index (χ1n) is 21.2. The lowest BCUT2D eigenvalue weighted by Crippen LogP contribution is -2.50. The zero-order valence-corrected chi connectivity index (χ0v) is 32.9. The molecule has 0 bridgehead atoms. The van der Waals surface area contributed by atoms with E-state index >= 15 is 0 Å². The van der Waals surface area contributed by atoms with Crippen molar-refractivity contribution in [2.45, 2.75) is 196 Å². The van der Waals surface area contributed by atoms with Gasteiger partial charge in [0.2, 0.25) is 0 Å². The van der Waals surface area contributed by atoms with Crippen LogP contribution in [0.2, 0.25) is 0 Å². The number of aliphatic hydroxyl groups is 2. The van der Waals surface area contributed by atoms with Gasteiger partial charge in [-0.2, -0.15) is 13.2 Å². The molecule has 49 heavy (non-hydrogen) atoms. The molecule has 6 heteroatoms. The number of aliphatic hydroxyl groups excluding tert-OH is 2. The van der Waals surface area contributed by atoms with Crippen LogP contribution in [0.3, 0.4) is 0 Å². The first kappa shape index (κ1) is 41.4. The van der Waals surface area contributed by atoms with E-state index in [1.54, 1.807) is 0 Å². The first-order chi connectivity index (χ1) is 23.0. The monoisotopic (exact) mass is 698 g/mol. The third-order valence-electron chi connectivity index (χ3n) is 15.5. The van der Waals surface area contributed by atoms with Gasteiger partial charge in [-0.15, -0.1) is 0 Å². The van der Waals surface area contributed by atoms with Crippen molar-refractivity contribution in [2.75, 3.05) is 0 Å². The molecule has 3 N–H and O–H groups in total. The number of hydrogen-bond donors (Lipinski definition) is 3. The molecular weight excluding hydrogens is 619 g/mol. The van der Waals surface area contributed by atoms with E-state index in [4.69, 9.17) is 0 Å². The Morgan fingerprint density at radius 3 is 2.14 bits per heavy atom. The maximum atomic E-state index is 14.6. The number of rotatable bonds is 10. The van der Waals surface area contributed by atoms with Gasteiger partial charge >= 0.3 is 6.18 Å². The van der Waals surface area contributed by atoms with Crippen LogP contribution in [0.15, 0.2) is 0 Å². The standard InChI is InChI=1S/C43H78F3NO2/c1-9-12-34-24-38(30(6)29(5)23-32(34)10-2)37-25-35(17-15-27(37)3)41(49)47-36-20-19-33(39(26-36)43(44,45)46)18-16-31-14-11-13-28(4)40(48)42(7,8)22-21-31/h27-41,47-49H,9-26H2,1-8H3. The molecule has 4 aliphatic carbocycles. The van der Waals surface area contributed by atoms with Crippen LogP contribution in [0.25, 0.3) is 0 Å². The van der Waals surface area contributed by atoms with Crippen LogP contribution < -0.4 is 5.32 Å². The van der Waals surface area contributed by atoms with Crippen molar-refractivity contribution >= 4 is 0 Å². The van der Waals surface area contributed by atoms with Crippen molar-refractivity contribution in [1.82, 2.24) is 5.32 Å². The second-order valence-electron chi connectivity index (χ2n) is 19.3. The molecule has 0 heterocycles. The number of alkyl halides is 3. The van der Waals surface area contributed by atoms with Gasteiger partial charge in [-0.3, -0.25) is 5.32 Å². The fourth-order valence-electron chi connectivity index (χ4n) is 11.9. The molecule has 0 aliphatic heterocycles. The minimum absolute atomic E-state index is 0.0907. The van der Waals surface area contributed by atoms with Gasteiger partial charge in [0.25, 0.3) is 0 Å². The van der Waals surface area contributed by atoms with Gasteiger partial charge in [0.1, 0.15) is 6.23 Å². The average Bonchev–Trinajstić information content (AvgIpc) is 3.13. The van der Waals surface area contributed by atoms with Gasteiger partial charge in [-0.25, -0.2) is 0 Å². The highest BCUT2D eigenvalue weighted by Gasteiger charge is 2.48. The van der Waals surface area contributed by atoms with E-state index in [9.17, 15) is 23.4 Å². The van der Waals surface area contributed by atoms with E-state index in [1.807, 2.05) is 0 Å². The Kier molecular flexibility index (Phi) is 15.3. The number of halogens is 3. The Morgan fingerprint density at radius 1 is 0.735 bits per heavy atom. The molecule has 15 atom stereocenters. The van der Waals surface area contributed by atoms with E-state index in [-0.39, 0.29) is 41.7 Å². The lowest BCUT2D eigenvalue weighted by atomic mass is 9.63. The normalized spacial score (nSPS) is 43.5. The minimum Gasteiger partial charge on any atom is -0.392 e. The number of nitrogens with one attached hydrogen (secondary N) is 1. The molecule has 15 unspecified atom stereocenters. The summed E-state index contributed by atoms with van der Waals surface area (Å²) in [5.41, 5.74) is -0.153. The molecular formula is C43H78F3NO2. The van der Waals surface area contributed by atoms with Crippen molar-refractivity contribution in [2.24, 2.45) is 76.4 Å². The van der Waals surface area contributed by atoms with Crippen LogP contribution in [0.1, 0.15) is 171 Å². The second kappa shape index (κ2) is 18.1. The predicted octanol–water partition coefficient (Wildman–Crippen LogP) is 11.8. The molecule has 0 saturated heterocycles. The second-order valence-corrected chi connectivity index (χ2v) is 19.3. The highest BCUT2D eigenvalue weighted by molar-refractivity contribution is 4.94. The molecule has 4 aliphatic rings. The quantitative estimate of drug-likeness (QED) is 0.157. The summed E-state index contributed by atoms with van der Waals surface area (Å²) >= 11 is 0. The van der Waals surface area contributed by atoms with Crippen LogP contribution in [0.4, 0.5) is 13.2 Å². The van der Waals surface area contributed by atoms with Gasteiger partial charge < -0.3 is 10.2 Å². The van der Waals surface area contributed by atoms with Crippen LogP contribution in [0, 0.1) is 76.4 Å². The Hall–Kier alpha value is -0.330. The third-order valence-corrected chi connectivity index (χ3v) is 15.5. The molecule has 0 spiro atoms. The molecule has 0 aromatic heterocycles. The third kappa shape index (κ3) is 10.9. The summed E-state index contributed by atoms with van der Waals surface area (Å²) in [5, 5.41) is 25.9. The molecule has 0 aromatic carbocycles. The molecule has 288 valence electrons. The Labute approximate surface area is 300 Å². The van der Waals surface area contributed by atoms with Gasteiger partial charge in [-0.05, 0) is 141 Å². The maximum Gasteiger partial charge on any atom is 0.392 e. The first-order valence-corrected chi connectivity index (χ1v) is 21.2. The Morgan fingerprint density at radius 2 is 1.47 bits per heavy atom. The lowest BCUT2D eigenvalue weighted by molar-refractivity contribution is -0.200. The maximum absolute atomic E-state index is 14.6. The molecule has 0 amide bonds. The molecule has 4 fully saturated rings. The van der Waals surface area contributed by atoms with Crippen molar-refractivity contribution in [1.29, 1.82) is 0 Å². The van der Waals surface area contributed by atoms with Crippen molar-refractivity contribution in [3.8, 4) is 0 Å². The summed E-state index contributed by atoms with van der Waals surface area (Å²) in [6, 6.07) is -0.277. The van der Waals surface area contributed by atoms with Crippen molar-refractivity contribution < 1.29 is 23.4 Å². The Bertz CT molecular complexity index is 971. The smallest absolute Gasteiger partial charge is 0.392 e. The van der Waals surface area contributed by atoms with Crippen LogP contribution in [0.5, 0.6) is 0 Å². The highest BCUT2D eigenvalue weighted by atomic mass is 19.4. The molecule has 0 aromatic rings. The van der Waals surface area contributed by atoms with Crippen LogP contribution >= 0.6 is 0 Å². The van der Waals surface area contributed by atoms with E-state index < -0.39 is 18.3 Å². The molecule has 3 nitrogen and oxygen atoms in total. The van der Waals surface area contributed by atoms with E-state index in [2.05, 4.69) is 60.7 Å². The van der Waals surface area contributed by atoms with E-state index in [0.717, 1.165) is 76.0 Å². The summed E-state index contributed by atoms with van der Waals surface area (Å²) < 4.78 is 43.8. The number of hydrogen-bond acceptors (Lipinski definition) is 3. The fourth-order valence-corrected chi connectivity index (χ4v) is 11.9. The van der Waals surface area contributed by atoms with E-state index in [1.165, 1.54) is 32.1 Å². The summed E-state index contributed by atoms with van der Waals surface area (Å²) in [5.74, 6) is 4.06. The van der Waals surface area contributed by atoms with Gasteiger partial charge in [0.05, 0.1) is 12.0 Å². The molecule has 4 saturated carbocycles. The average molecular weight is 698 g/mol. The highest BCUT2D eigenvalue weighted by Crippen LogP contribution is 2.51.